The van der Waals surface area contributed by atoms with Crippen LogP contribution in [-0.4, -0.2) is 0 Å². The molecule has 0 radical (unpaired) electrons. The maximum atomic E-state index is 2.48. The molecule has 2 aliphatic rings. The number of hydrogen-bond donors (Lipinski definition) is 0. The summed E-state index contributed by atoms with van der Waals surface area (Å²) in [6.07, 6.45) is 10.4. The van der Waals surface area contributed by atoms with E-state index in [-0.39, 0.29) is 0 Å². The summed E-state index contributed by atoms with van der Waals surface area (Å²) in [5.74, 6) is 2.13. The molecule has 88 valence electrons. The predicted molar refractivity (Wildman–Crippen MR) is 66.9 cm³/mol. The Morgan fingerprint density at radius 2 is 2.00 bits per heavy atom. The lowest BCUT2D eigenvalue weighted by Gasteiger charge is -2.38. The van der Waals surface area contributed by atoms with Crippen molar-refractivity contribution in [3.8, 4) is 0 Å². The van der Waals surface area contributed by atoms with Gasteiger partial charge in [0.15, 0.2) is 0 Å². The second kappa shape index (κ2) is 3.79. The fraction of sp³-hybridized carbons (Fsp3) is 1.00. The summed E-state index contributed by atoms with van der Waals surface area (Å²) in [7, 11) is 0. The van der Waals surface area contributed by atoms with Crippen LogP contribution in [-0.2, 0) is 0 Å². The van der Waals surface area contributed by atoms with Crippen LogP contribution in [0.4, 0.5) is 0 Å². The van der Waals surface area contributed by atoms with Crippen LogP contribution in [0.15, 0.2) is 0 Å². The fourth-order valence-corrected chi connectivity index (χ4v) is 3.92. The smallest absolute Gasteiger partial charge is 0.0266 e. The molecule has 15 heavy (non-hydrogen) atoms. The molecule has 0 bridgehead atoms. The Labute approximate surface area is 95.8 Å². The third-order valence-corrected chi connectivity index (χ3v) is 5.68. The van der Waals surface area contributed by atoms with Gasteiger partial charge in [0.25, 0.3) is 0 Å². The van der Waals surface area contributed by atoms with Gasteiger partial charge in [-0.05, 0) is 54.8 Å². The van der Waals surface area contributed by atoms with Crippen LogP contribution < -0.4 is 0 Å². The summed E-state index contributed by atoms with van der Waals surface area (Å²) in [5, 5.41) is 0. The highest BCUT2D eigenvalue weighted by atomic mass is 14.6. The molecule has 0 saturated heterocycles. The van der Waals surface area contributed by atoms with Crippen LogP contribution in [0.25, 0.3) is 0 Å². The molecule has 3 atom stereocenters. The third-order valence-electron chi connectivity index (χ3n) is 5.68. The van der Waals surface area contributed by atoms with Gasteiger partial charge in [0.2, 0.25) is 0 Å². The maximum absolute atomic E-state index is 2.48. The fourth-order valence-electron chi connectivity index (χ4n) is 3.92. The Morgan fingerprint density at radius 1 is 1.27 bits per heavy atom. The van der Waals surface area contributed by atoms with Gasteiger partial charge in [0.1, 0.15) is 0 Å². The summed E-state index contributed by atoms with van der Waals surface area (Å²) in [4.78, 5) is 0. The molecule has 0 heteroatoms. The zero-order valence-corrected chi connectivity index (χ0v) is 11.1. The molecule has 0 aromatic rings. The minimum atomic E-state index is 0.598. The van der Waals surface area contributed by atoms with Gasteiger partial charge in [0.05, 0.1) is 0 Å². The van der Waals surface area contributed by atoms with E-state index >= 15 is 0 Å². The van der Waals surface area contributed by atoms with E-state index in [1.54, 1.807) is 19.3 Å². The van der Waals surface area contributed by atoms with Crippen molar-refractivity contribution in [1.82, 2.24) is 0 Å². The Bertz CT molecular complexity index is 228. The molecule has 2 rings (SSSR count). The molecule has 2 saturated carbocycles. The number of fused-ring (bicyclic) bond motifs is 1. The van der Waals surface area contributed by atoms with Crippen molar-refractivity contribution in [1.29, 1.82) is 0 Å². The summed E-state index contributed by atoms with van der Waals surface area (Å²) in [6, 6.07) is 0. The molecule has 3 unspecified atom stereocenters. The lowest BCUT2D eigenvalue weighted by atomic mass is 9.67. The van der Waals surface area contributed by atoms with Crippen LogP contribution in [0.2, 0.25) is 0 Å². The van der Waals surface area contributed by atoms with Gasteiger partial charge in [-0.3, -0.25) is 0 Å². The average Bonchev–Trinajstić information content (AvgIpc) is 2.91. The van der Waals surface area contributed by atoms with Crippen molar-refractivity contribution >= 4 is 0 Å². The monoisotopic (exact) mass is 208 g/mol. The molecule has 0 nitrogen and oxygen atoms in total. The Morgan fingerprint density at radius 3 is 2.53 bits per heavy atom. The lowest BCUT2D eigenvalue weighted by molar-refractivity contribution is 0.121. The molecule has 0 aliphatic heterocycles. The van der Waals surface area contributed by atoms with Crippen molar-refractivity contribution in [2.45, 2.75) is 72.6 Å². The van der Waals surface area contributed by atoms with E-state index < -0.39 is 0 Å². The molecule has 0 N–H and O–H groups in total. The minimum absolute atomic E-state index is 0.598. The minimum Gasteiger partial charge on any atom is -0.0654 e. The predicted octanol–water partition coefficient (Wildman–Crippen LogP) is 5.03. The van der Waals surface area contributed by atoms with Gasteiger partial charge < -0.3 is 0 Å². The number of rotatable bonds is 4. The van der Waals surface area contributed by atoms with E-state index in [0.717, 1.165) is 17.3 Å². The normalized spacial score (nSPS) is 40.0. The second-order valence-electron chi connectivity index (χ2n) is 6.83. The Hall–Kier alpha value is 0. The van der Waals surface area contributed by atoms with E-state index in [9.17, 15) is 0 Å². The Balaban J connectivity index is 1.92. The quantitative estimate of drug-likeness (QED) is 0.608. The van der Waals surface area contributed by atoms with Crippen LogP contribution in [0, 0.1) is 22.7 Å². The summed E-state index contributed by atoms with van der Waals surface area (Å²) < 4.78 is 0. The van der Waals surface area contributed by atoms with E-state index in [4.69, 9.17) is 0 Å². The molecule has 0 amide bonds. The number of hydrogen-bond acceptors (Lipinski definition) is 0. The molecule has 0 aromatic carbocycles. The van der Waals surface area contributed by atoms with E-state index in [1.807, 2.05) is 0 Å². The van der Waals surface area contributed by atoms with Crippen LogP contribution in [0.1, 0.15) is 72.6 Å². The zero-order valence-electron chi connectivity index (χ0n) is 11.1. The first kappa shape index (κ1) is 11.5. The van der Waals surface area contributed by atoms with Gasteiger partial charge in [-0.15, -0.1) is 0 Å². The van der Waals surface area contributed by atoms with Crippen LogP contribution in [0.5, 0.6) is 0 Å². The highest BCUT2D eigenvalue weighted by Gasteiger charge is 2.56. The van der Waals surface area contributed by atoms with Crippen LogP contribution in [0.3, 0.4) is 0 Å². The van der Waals surface area contributed by atoms with Gasteiger partial charge in [0, 0.05) is 0 Å². The van der Waals surface area contributed by atoms with Gasteiger partial charge >= 0.3 is 0 Å². The van der Waals surface area contributed by atoms with E-state index in [2.05, 4.69) is 27.7 Å². The molecule has 2 fully saturated rings. The molecule has 0 aromatic heterocycles. The second-order valence-corrected chi connectivity index (χ2v) is 6.83. The Kier molecular flexibility index (Phi) is 2.90. The van der Waals surface area contributed by atoms with Gasteiger partial charge in [-0.2, -0.15) is 0 Å². The maximum Gasteiger partial charge on any atom is -0.0266 e. The highest BCUT2D eigenvalue weighted by molar-refractivity contribution is 5.06. The zero-order chi connectivity index (χ0) is 11.1. The molecule has 0 heterocycles. The van der Waals surface area contributed by atoms with E-state index in [0.29, 0.717) is 5.41 Å². The first-order chi connectivity index (χ1) is 7.04. The first-order valence-electron chi connectivity index (χ1n) is 7.04. The SMILES string of the molecule is CCCC12CCC(C(C)(C)CC)CC1C2. The molecular weight excluding hydrogens is 180 g/mol. The third kappa shape index (κ3) is 1.97. The lowest BCUT2D eigenvalue weighted by Crippen LogP contribution is -2.28. The van der Waals surface area contributed by atoms with Crippen molar-refractivity contribution in [2.75, 3.05) is 0 Å². The first-order valence-corrected chi connectivity index (χ1v) is 7.04. The molecular formula is C15H28. The van der Waals surface area contributed by atoms with Crippen LogP contribution >= 0.6 is 0 Å². The largest absolute Gasteiger partial charge is 0.0654 e. The molecule has 2 aliphatic carbocycles. The van der Waals surface area contributed by atoms with Crippen molar-refractivity contribution in [3.63, 3.8) is 0 Å². The topological polar surface area (TPSA) is 0 Å². The molecule has 0 spiro atoms. The average molecular weight is 208 g/mol. The van der Waals surface area contributed by atoms with Crippen molar-refractivity contribution in [2.24, 2.45) is 22.7 Å². The van der Waals surface area contributed by atoms with Crippen molar-refractivity contribution < 1.29 is 0 Å². The van der Waals surface area contributed by atoms with E-state index in [1.165, 1.54) is 25.7 Å². The summed E-state index contributed by atoms with van der Waals surface area (Å²) in [5.41, 5.74) is 1.44. The summed E-state index contributed by atoms with van der Waals surface area (Å²) in [6.45, 7) is 9.67. The van der Waals surface area contributed by atoms with Gasteiger partial charge in [-0.1, -0.05) is 40.5 Å². The summed E-state index contributed by atoms with van der Waals surface area (Å²) >= 11 is 0. The van der Waals surface area contributed by atoms with Crippen molar-refractivity contribution in [3.05, 3.63) is 0 Å². The highest BCUT2D eigenvalue weighted by Crippen LogP contribution is 2.66. The standard InChI is InChI=1S/C15H28/c1-5-8-15-9-7-12(10-13(15)11-15)14(3,4)6-2/h12-13H,5-11H2,1-4H3. The van der Waals surface area contributed by atoms with Gasteiger partial charge in [-0.25, -0.2) is 0 Å².